The third-order valence-electron chi connectivity index (χ3n) is 2.02. The Morgan fingerprint density at radius 1 is 1.44 bits per heavy atom. The van der Waals surface area contributed by atoms with Crippen molar-refractivity contribution in [1.82, 2.24) is 14.8 Å². The molecule has 0 saturated carbocycles. The van der Waals surface area contributed by atoms with Gasteiger partial charge in [-0.1, -0.05) is 0 Å². The molecule has 2 aromatic rings. The van der Waals surface area contributed by atoms with Crippen molar-refractivity contribution in [3.8, 4) is 5.69 Å². The van der Waals surface area contributed by atoms with Crippen molar-refractivity contribution >= 4 is 5.97 Å². The van der Waals surface area contributed by atoms with E-state index in [1.54, 1.807) is 30.2 Å². The smallest absolute Gasteiger partial charge is 0.341 e. The minimum Gasteiger partial charge on any atom is -0.462 e. The molecule has 0 aliphatic carbocycles. The van der Waals surface area contributed by atoms with E-state index in [4.69, 9.17) is 4.74 Å². The third kappa shape index (κ3) is 2.08. The quantitative estimate of drug-likeness (QED) is 0.730. The van der Waals surface area contributed by atoms with Gasteiger partial charge in [-0.2, -0.15) is 5.10 Å². The Morgan fingerprint density at radius 3 is 2.88 bits per heavy atom. The first-order chi connectivity index (χ1) is 7.81. The minimum absolute atomic E-state index is 0.359. The Labute approximate surface area is 92.7 Å². The lowest BCUT2D eigenvalue weighted by Gasteiger charge is -1.99. The maximum Gasteiger partial charge on any atom is 0.341 e. The molecule has 2 aromatic heterocycles. The topological polar surface area (TPSA) is 57.0 Å². The van der Waals surface area contributed by atoms with E-state index < -0.39 is 0 Å². The molecule has 0 radical (unpaired) electrons. The van der Waals surface area contributed by atoms with E-state index in [9.17, 15) is 4.79 Å². The van der Waals surface area contributed by atoms with Crippen LogP contribution in [0.15, 0.2) is 36.9 Å². The molecule has 0 aliphatic heterocycles. The highest BCUT2D eigenvalue weighted by Crippen LogP contribution is 2.07. The highest BCUT2D eigenvalue weighted by molar-refractivity contribution is 5.88. The fourth-order valence-corrected chi connectivity index (χ4v) is 1.28. The number of ether oxygens (including phenoxy) is 1. The van der Waals surface area contributed by atoms with Crippen LogP contribution in [0.3, 0.4) is 0 Å². The SMILES string of the molecule is CCOC(=O)c1cnn(-c2ccncc2)c1. The van der Waals surface area contributed by atoms with Gasteiger partial charge in [0.2, 0.25) is 0 Å². The first-order valence-corrected chi connectivity index (χ1v) is 4.93. The number of rotatable bonds is 3. The van der Waals surface area contributed by atoms with Gasteiger partial charge in [-0.15, -0.1) is 0 Å². The number of aromatic nitrogens is 3. The Kier molecular flexibility index (Phi) is 2.95. The predicted molar refractivity (Wildman–Crippen MR) is 57.3 cm³/mol. The minimum atomic E-state index is -0.359. The first-order valence-electron chi connectivity index (χ1n) is 4.93. The number of nitrogens with zero attached hydrogens (tertiary/aromatic N) is 3. The molecule has 0 saturated heterocycles. The molecule has 5 nitrogen and oxygen atoms in total. The van der Waals surface area contributed by atoms with Crippen LogP contribution >= 0.6 is 0 Å². The maximum absolute atomic E-state index is 11.4. The van der Waals surface area contributed by atoms with Crippen molar-refractivity contribution in [3.05, 3.63) is 42.5 Å². The summed E-state index contributed by atoms with van der Waals surface area (Å²) in [6, 6.07) is 3.61. The predicted octanol–water partition coefficient (Wildman–Crippen LogP) is 1.44. The summed E-state index contributed by atoms with van der Waals surface area (Å²) in [5.41, 5.74) is 1.30. The molecule has 5 heteroatoms. The van der Waals surface area contributed by atoms with Crippen molar-refractivity contribution in [2.24, 2.45) is 0 Å². The van der Waals surface area contributed by atoms with E-state index in [1.165, 1.54) is 6.20 Å². The molecule has 0 unspecified atom stereocenters. The van der Waals surface area contributed by atoms with Crippen LogP contribution in [-0.2, 0) is 4.74 Å². The van der Waals surface area contributed by atoms with Gasteiger partial charge in [-0.25, -0.2) is 9.48 Å². The van der Waals surface area contributed by atoms with Crippen molar-refractivity contribution in [2.75, 3.05) is 6.61 Å². The number of hydrogen-bond acceptors (Lipinski definition) is 4. The Hall–Kier alpha value is -2.17. The number of hydrogen-bond donors (Lipinski definition) is 0. The van der Waals surface area contributed by atoms with Crippen LogP contribution in [0, 0.1) is 0 Å². The second-order valence-electron chi connectivity index (χ2n) is 3.10. The zero-order valence-corrected chi connectivity index (χ0v) is 8.83. The van der Waals surface area contributed by atoms with E-state index in [-0.39, 0.29) is 5.97 Å². The van der Waals surface area contributed by atoms with Crippen molar-refractivity contribution in [1.29, 1.82) is 0 Å². The molecule has 0 bridgehead atoms. The van der Waals surface area contributed by atoms with Crippen LogP contribution in [0.5, 0.6) is 0 Å². The third-order valence-corrected chi connectivity index (χ3v) is 2.02. The van der Waals surface area contributed by atoms with E-state index in [0.29, 0.717) is 12.2 Å². The van der Waals surface area contributed by atoms with Gasteiger partial charge in [-0.05, 0) is 19.1 Å². The van der Waals surface area contributed by atoms with Gasteiger partial charge < -0.3 is 4.74 Å². The standard InChI is InChI=1S/C11H11N3O2/c1-2-16-11(15)9-7-13-14(8-9)10-3-5-12-6-4-10/h3-8H,2H2,1H3. The Bertz CT molecular complexity index is 479. The average Bonchev–Trinajstić information content (AvgIpc) is 2.80. The Balaban J connectivity index is 2.23. The average molecular weight is 217 g/mol. The maximum atomic E-state index is 11.4. The lowest BCUT2D eigenvalue weighted by atomic mass is 10.3. The zero-order chi connectivity index (χ0) is 11.4. The van der Waals surface area contributed by atoms with Gasteiger partial charge in [0, 0.05) is 18.6 Å². The largest absolute Gasteiger partial charge is 0.462 e. The van der Waals surface area contributed by atoms with Crippen LogP contribution in [0.2, 0.25) is 0 Å². The molecular formula is C11H11N3O2. The molecule has 82 valence electrons. The normalized spacial score (nSPS) is 10.1. The number of esters is 1. The fraction of sp³-hybridized carbons (Fsp3) is 0.182. The molecule has 0 amide bonds. The summed E-state index contributed by atoms with van der Waals surface area (Å²) in [7, 11) is 0. The van der Waals surface area contributed by atoms with Crippen molar-refractivity contribution in [3.63, 3.8) is 0 Å². The monoisotopic (exact) mass is 217 g/mol. The van der Waals surface area contributed by atoms with Crippen LogP contribution in [0.1, 0.15) is 17.3 Å². The Morgan fingerprint density at radius 2 is 2.19 bits per heavy atom. The highest BCUT2D eigenvalue weighted by atomic mass is 16.5. The van der Waals surface area contributed by atoms with Crippen LogP contribution in [-0.4, -0.2) is 27.3 Å². The molecule has 2 rings (SSSR count). The van der Waals surface area contributed by atoms with E-state index in [1.807, 2.05) is 12.1 Å². The summed E-state index contributed by atoms with van der Waals surface area (Å²) >= 11 is 0. The number of carbonyl (C=O) groups excluding carboxylic acids is 1. The summed E-state index contributed by atoms with van der Waals surface area (Å²) in [5.74, 6) is -0.359. The van der Waals surface area contributed by atoms with Crippen LogP contribution in [0.25, 0.3) is 5.69 Å². The number of carbonyl (C=O) groups is 1. The second kappa shape index (κ2) is 4.57. The van der Waals surface area contributed by atoms with E-state index in [0.717, 1.165) is 5.69 Å². The molecule has 0 spiro atoms. The lowest BCUT2D eigenvalue weighted by Crippen LogP contribution is -2.03. The molecule has 0 aromatic carbocycles. The number of pyridine rings is 1. The first kappa shape index (κ1) is 10.4. The van der Waals surface area contributed by atoms with Gasteiger partial charge in [-0.3, -0.25) is 4.98 Å². The van der Waals surface area contributed by atoms with Crippen LogP contribution in [0.4, 0.5) is 0 Å². The summed E-state index contributed by atoms with van der Waals surface area (Å²) in [6.07, 6.45) is 6.45. The van der Waals surface area contributed by atoms with Crippen molar-refractivity contribution in [2.45, 2.75) is 6.92 Å². The van der Waals surface area contributed by atoms with E-state index >= 15 is 0 Å². The van der Waals surface area contributed by atoms with Crippen LogP contribution < -0.4 is 0 Å². The van der Waals surface area contributed by atoms with Crippen molar-refractivity contribution < 1.29 is 9.53 Å². The fourth-order valence-electron chi connectivity index (χ4n) is 1.28. The van der Waals surface area contributed by atoms with Gasteiger partial charge in [0.25, 0.3) is 0 Å². The van der Waals surface area contributed by atoms with Gasteiger partial charge >= 0.3 is 5.97 Å². The molecule has 0 atom stereocenters. The molecule has 16 heavy (non-hydrogen) atoms. The summed E-state index contributed by atoms with van der Waals surface area (Å²) in [5, 5.41) is 4.08. The zero-order valence-electron chi connectivity index (χ0n) is 8.83. The van der Waals surface area contributed by atoms with Gasteiger partial charge in [0.05, 0.1) is 24.1 Å². The molecule has 0 aliphatic rings. The molecule has 0 N–H and O–H groups in total. The highest BCUT2D eigenvalue weighted by Gasteiger charge is 2.09. The summed E-state index contributed by atoms with van der Waals surface area (Å²) in [4.78, 5) is 15.3. The molecular weight excluding hydrogens is 206 g/mol. The second-order valence-corrected chi connectivity index (χ2v) is 3.10. The van der Waals surface area contributed by atoms with Gasteiger partial charge in [0.15, 0.2) is 0 Å². The molecule has 2 heterocycles. The summed E-state index contributed by atoms with van der Waals surface area (Å²) < 4.78 is 6.48. The summed E-state index contributed by atoms with van der Waals surface area (Å²) in [6.45, 7) is 2.13. The van der Waals surface area contributed by atoms with Gasteiger partial charge in [0.1, 0.15) is 0 Å². The lowest BCUT2D eigenvalue weighted by molar-refractivity contribution is 0.0526. The van der Waals surface area contributed by atoms with E-state index in [2.05, 4.69) is 10.1 Å². The molecule has 0 fully saturated rings.